The first kappa shape index (κ1) is 29.2. The summed E-state index contributed by atoms with van der Waals surface area (Å²) < 4.78 is 9.24. The van der Waals surface area contributed by atoms with E-state index in [9.17, 15) is 9.59 Å². The zero-order valence-corrected chi connectivity index (χ0v) is 25.9. The molecule has 3 aliphatic rings. The number of aromatic nitrogens is 5. The molecule has 0 bridgehead atoms. The Balaban J connectivity index is 1.15. The number of ether oxygens (including phenoxy) is 1. The Labute approximate surface area is 253 Å². The molecule has 230 valence electrons. The topological polar surface area (TPSA) is 102 Å². The second kappa shape index (κ2) is 12.0. The minimum atomic E-state index is -0.532. The molecule has 3 fully saturated rings. The van der Waals surface area contributed by atoms with Crippen molar-refractivity contribution in [2.45, 2.75) is 83.9 Å². The highest BCUT2D eigenvalue weighted by Crippen LogP contribution is 2.33. The maximum Gasteiger partial charge on any atom is 0.410 e. The van der Waals surface area contributed by atoms with Crippen molar-refractivity contribution < 1.29 is 9.53 Å². The number of anilines is 2. The fraction of sp³-hybridized carbons (Fsp3) is 0.594. The van der Waals surface area contributed by atoms with Crippen LogP contribution < -0.4 is 15.4 Å². The van der Waals surface area contributed by atoms with Crippen molar-refractivity contribution in [1.82, 2.24) is 29.2 Å². The molecule has 1 aliphatic carbocycles. The number of carbonyl (C=O) groups is 1. The lowest BCUT2D eigenvalue weighted by Gasteiger charge is -2.40. The molecule has 0 aromatic carbocycles. The first-order chi connectivity index (χ1) is 20.6. The van der Waals surface area contributed by atoms with E-state index in [-0.39, 0.29) is 23.7 Å². The molecule has 11 nitrogen and oxygen atoms in total. The van der Waals surface area contributed by atoms with Crippen molar-refractivity contribution in [3.63, 3.8) is 0 Å². The predicted octanol–water partition coefficient (Wildman–Crippen LogP) is 4.65. The molecule has 0 radical (unpaired) electrons. The van der Waals surface area contributed by atoms with Crippen LogP contribution >= 0.6 is 0 Å². The minimum Gasteiger partial charge on any atom is -0.444 e. The van der Waals surface area contributed by atoms with Crippen LogP contribution in [0.2, 0.25) is 0 Å². The Morgan fingerprint density at radius 2 is 1.79 bits per heavy atom. The van der Waals surface area contributed by atoms with Crippen LogP contribution in [0.5, 0.6) is 0 Å². The molecule has 1 saturated carbocycles. The quantitative estimate of drug-likeness (QED) is 0.375. The fourth-order valence-electron chi connectivity index (χ4n) is 6.10. The number of hydrogen-bond acceptors (Lipinski definition) is 8. The first-order valence-electron chi connectivity index (χ1n) is 15.7. The maximum atomic E-state index is 13.4. The van der Waals surface area contributed by atoms with Crippen molar-refractivity contribution >= 4 is 17.6 Å². The smallest absolute Gasteiger partial charge is 0.410 e. The van der Waals surface area contributed by atoms with Gasteiger partial charge in [0.05, 0.1) is 30.7 Å². The Morgan fingerprint density at radius 3 is 2.51 bits per heavy atom. The third-order valence-electron chi connectivity index (χ3n) is 8.69. The van der Waals surface area contributed by atoms with Gasteiger partial charge in [-0.05, 0) is 78.2 Å². The second-order valence-corrected chi connectivity index (χ2v) is 13.3. The van der Waals surface area contributed by atoms with Gasteiger partial charge in [-0.15, -0.1) is 0 Å². The van der Waals surface area contributed by atoms with Gasteiger partial charge < -0.3 is 24.0 Å². The average molecular weight is 589 g/mol. The summed E-state index contributed by atoms with van der Waals surface area (Å²) in [6.45, 7) is 12.0. The SMILES string of the molecule is CC(c1cnn(-c2cncc(N3CCCC3)n2)c1)n1ccc(N2CCC[C@@H](N(CC3CC3)C(=O)OC(C)(C)C)C2)cc1=O. The Bertz CT molecular complexity index is 1480. The molecule has 0 N–H and O–H groups in total. The summed E-state index contributed by atoms with van der Waals surface area (Å²) in [6, 6.07) is 3.57. The van der Waals surface area contributed by atoms with Crippen molar-refractivity contribution in [2.24, 2.45) is 5.92 Å². The van der Waals surface area contributed by atoms with Gasteiger partial charge in [-0.1, -0.05) is 0 Å². The average Bonchev–Trinajstić information content (AvgIpc) is 3.41. The highest BCUT2D eigenvalue weighted by Gasteiger charge is 2.36. The summed E-state index contributed by atoms with van der Waals surface area (Å²) in [5.41, 5.74) is 1.20. The number of rotatable bonds is 8. The van der Waals surface area contributed by atoms with Crippen molar-refractivity contribution in [3.05, 3.63) is 59.0 Å². The zero-order chi connectivity index (χ0) is 30.1. The molecule has 5 heterocycles. The van der Waals surface area contributed by atoms with Gasteiger partial charge in [0.15, 0.2) is 5.82 Å². The Kier molecular flexibility index (Phi) is 8.15. The van der Waals surface area contributed by atoms with Crippen molar-refractivity contribution in [3.8, 4) is 5.82 Å². The summed E-state index contributed by atoms with van der Waals surface area (Å²) in [4.78, 5) is 42.1. The highest BCUT2D eigenvalue weighted by molar-refractivity contribution is 5.69. The van der Waals surface area contributed by atoms with E-state index in [0.717, 1.165) is 56.1 Å². The molecular formula is C32H44N8O3. The molecule has 2 aliphatic heterocycles. The summed E-state index contributed by atoms with van der Waals surface area (Å²) in [5.74, 6) is 2.10. The van der Waals surface area contributed by atoms with Gasteiger partial charge in [-0.2, -0.15) is 5.10 Å². The summed E-state index contributed by atoms with van der Waals surface area (Å²) in [7, 11) is 0. The van der Waals surface area contributed by atoms with E-state index in [1.165, 1.54) is 25.7 Å². The number of carbonyl (C=O) groups excluding carboxylic acids is 1. The third kappa shape index (κ3) is 6.86. The standard InChI is InChI=1S/C32H44N8O3/c1-23(25-17-34-40(21-25)29-19-33-18-28(35-29)36-12-5-6-13-36)38-15-11-26(16-30(38)41)37-14-7-8-27(22-37)39(20-24-9-10-24)31(42)43-32(2,3)4/h11,15-19,21,23-24,27H,5-10,12-14,20,22H2,1-4H3/t23?,27-/m1/s1. The molecule has 6 rings (SSSR count). The van der Waals surface area contributed by atoms with Crippen LogP contribution in [0, 0.1) is 5.92 Å². The molecular weight excluding hydrogens is 544 g/mol. The third-order valence-corrected chi connectivity index (χ3v) is 8.69. The first-order valence-corrected chi connectivity index (χ1v) is 15.7. The van der Waals surface area contributed by atoms with Crippen LogP contribution in [0.1, 0.15) is 77.8 Å². The molecule has 11 heteroatoms. The van der Waals surface area contributed by atoms with E-state index in [4.69, 9.17) is 9.72 Å². The van der Waals surface area contributed by atoms with E-state index in [2.05, 4.69) is 19.9 Å². The summed E-state index contributed by atoms with van der Waals surface area (Å²) in [6.07, 6.45) is 15.4. The molecule has 43 heavy (non-hydrogen) atoms. The van der Waals surface area contributed by atoms with Gasteiger partial charge in [-0.25, -0.2) is 14.5 Å². The minimum absolute atomic E-state index is 0.0588. The molecule has 0 spiro atoms. The molecule has 1 amide bonds. The summed E-state index contributed by atoms with van der Waals surface area (Å²) >= 11 is 0. The van der Waals surface area contributed by atoms with E-state index < -0.39 is 5.60 Å². The monoisotopic (exact) mass is 588 g/mol. The Hall–Kier alpha value is -3.89. The number of pyridine rings is 1. The van der Waals surface area contributed by atoms with Gasteiger partial charge in [0.2, 0.25) is 0 Å². The van der Waals surface area contributed by atoms with Crippen molar-refractivity contribution in [1.29, 1.82) is 0 Å². The van der Waals surface area contributed by atoms with Gasteiger partial charge in [0.1, 0.15) is 11.4 Å². The molecule has 3 aromatic heterocycles. The zero-order valence-electron chi connectivity index (χ0n) is 25.9. The van der Waals surface area contributed by atoms with E-state index in [1.807, 2.05) is 51.1 Å². The van der Waals surface area contributed by atoms with Crippen LogP contribution in [0.4, 0.5) is 16.3 Å². The summed E-state index contributed by atoms with van der Waals surface area (Å²) in [5, 5.41) is 4.54. The molecule has 3 aromatic rings. The number of piperidine rings is 1. The van der Waals surface area contributed by atoms with Crippen molar-refractivity contribution in [2.75, 3.05) is 42.5 Å². The number of nitrogens with zero attached hydrogens (tertiary/aromatic N) is 8. The lowest BCUT2D eigenvalue weighted by Crippen LogP contribution is -2.52. The van der Waals surface area contributed by atoms with Gasteiger partial charge in [-0.3, -0.25) is 9.78 Å². The highest BCUT2D eigenvalue weighted by atomic mass is 16.6. The molecule has 2 atom stereocenters. The fourth-order valence-corrected chi connectivity index (χ4v) is 6.10. The van der Waals surface area contributed by atoms with Crippen LogP contribution in [-0.4, -0.2) is 79.7 Å². The van der Waals surface area contributed by atoms with Gasteiger partial charge >= 0.3 is 6.09 Å². The van der Waals surface area contributed by atoms with E-state index >= 15 is 0 Å². The lowest BCUT2D eigenvalue weighted by atomic mass is 10.0. The normalized spacial score (nSPS) is 19.9. The van der Waals surface area contributed by atoms with Gasteiger partial charge in [0.25, 0.3) is 5.56 Å². The predicted molar refractivity (Wildman–Crippen MR) is 166 cm³/mol. The van der Waals surface area contributed by atoms with E-state index in [0.29, 0.717) is 18.3 Å². The number of amides is 1. The molecule has 2 saturated heterocycles. The van der Waals surface area contributed by atoms with Crippen LogP contribution in [0.25, 0.3) is 5.82 Å². The van der Waals surface area contributed by atoms with Gasteiger partial charge in [0, 0.05) is 62.4 Å². The van der Waals surface area contributed by atoms with Crippen LogP contribution in [0.3, 0.4) is 0 Å². The van der Waals surface area contributed by atoms with E-state index in [1.54, 1.807) is 33.9 Å². The Morgan fingerprint density at radius 1 is 1.05 bits per heavy atom. The van der Waals surface area contributed by atoms with Crippen LogP contribution in [-0.2, 0) is 4.74 Å². The second-order valence-electron chi connectivity index (χ2n) is 13.3. The number of hydrogen-bond donors (Lipinski definition) is 0. The molecule has 1 unspecified atom stereocenters. The maximum absolute atomic E-state index is 13.4. The lowest BCUT2D eigenvalue weighted by molar-refractivity contribution is 0.0134. The largest absolute Gasteiger partial charge is 0.444 e. The van der Waals surface area contributed by atoms with Crippen LogP contribution in [0.15, 0.2) is 47.9 Å².